The van der Waals surface area contributed by atoms with Gasteiger partial charge in [0.25, 0.3) is 0 Å². The SMILES string of the molecule is O=C(O)Cc1cc(Cl)cnc1-c1ccc(C(F)(F)F)cc1. The van der Waals surface area contributed by atoms with Gasteiger partial charge in [-0.05, 0) is 23.8 Å². The number of pyridine rings is 1. The Balaban J connectivity index is 2.44. The van der Waals surface area contributed by atoms with Gasteiger partial charge in [0.15, 0.2) is 0 Å². The average molecular weight is 316 g/mol. The van der Waals surface area contributed by atoms with Crippen molar-refractivity contribution in [2.75, 3.05) is 0 Å². The minimum atomic E-state index is -4.42. The first-order valence-electron chi connectivity index (χ1n) is 5.81. The molecule has 0 unspecified atom stereocenters. The second-order valence-corrected chi connectivity index (χ2v) is 4.74. The van der Waals surface area contributed by atoms with Crippen LogP contribution >= 0.6 is 11.6 Å². The molecule has 3 nitrogen and oxygen atoms in total. The number of rotatable bonds is 3. The quantitative estimate of drug-likeness (QED) is 0.929. The van der Waals surface area contributed by atoms with Gasteiger partial charge < -0.3 is 5.11 Å². The molecule has 0 fully saturated rings. The summed E-state index contributed by atoms with van der Waals surface area (Å²) in [6.07, 6.45) is -3.42. The number of benzene rings is 1. The maximum Gasteiger partial charge on any atom is 0.416 e. The first-order chi connectivity index (χ1) is 9.77. The van der Waals surface area contributed by atoms with Crippen LogP contribution in [0.1, 0.15) is 11.1 Å². The smallest absolute Gasteiger partial charge is 0.416 e. The molecule has 0 bridgehead atoms. The zero-order valence-corrected chi connectivity index (χ0v) is 11.2. The molecule has 110 valence electrons. The van der Waals surface area contributed by atoms with Gasteiger partial charge in [-0.2, -0.15) is 13.2 Å². The van der Waals surface area contributed by atoms with Gasteiger partial charge in [-0.15, -0.1) is 0 Å². The third-order valence-electron chi connectivity index (χ3n) is 2.76. The monoisotopic (exact) mass is 315 g/mol. The van der Waals surface area contributed by atoms with Crippen molar-refractivity contribution in [3.05, 3.63) is 52.7 Å². The Morgan fingerprint density at radius 1 is 1.24 bits per heavy atom. The topological polar surface area (TPSA) is 50.2 Å². The van der Waals surface area contributed by atoms with Crippen LogP contribution in [0.5, 0.6) is 0 Å². The summed E-state index contributed by atoms with van der Waals surface area (Å²) in [5.74, 6) is -1.08. The molecule has 7 heteroatoms. The van der Waals surface area contributed by atoms with Gasteiger partial charge in [0, 0.05) is 11.8 Å². The fourth-order valence-electron chi connectivity index (χ4n) is 1.86. The predicted molar refractivity (Wildman–Crippen MR) is 71.0 cm³/mol. The summed E-state index contributed by atoms with van der Waals surface area (Å²) >= 11 is 5.77. The van der Waals surface area contributed by atoms with Crippen molar-refractivity contribution < 1.29 is 23.1 Å². The average Bonchev–Trinajstić information content (AvgIpc) is 2.37. The molecule has 0 amide bonds. The minimum absolute atomic E-state index is 0.266. The maximum absolute atomic E-state index is 12.5. The molecule has 1 heterocycles. The molecule has 2 aromatic rings. The van der Waals surface area contributed by atoms with Crippen LogP contribution in [0.25, 0.3) is 11.3 Å². The lowest BCUT2D eigenvalue weighted by molar-refractivity contribution is -0.138. The van der Waals surface area contributed by atoms with E-state index in [-0.39, 0.29) is 11.4 Å². The van der Waals surface area contributed by atoms with Crippen LogP contribution in [0.4, 0.5) is 13.2 Å². The molecule has 0 aliphatic heterocycles. The van der Waals surface area contributed by atoms with Crippen LogP contribution in [0.2, 0.25) is 5.02 Å². The number of carbonyl (C=O) groups is 1. The van der Waals surface area contributed by atoms with E-state index < -0.39 is 17.7 Å². The molecule has 0 spiro atoms. The van der Waals surface area contributed by atoms with Gasteiger partial charge in [0.1, 0.15) is 0 Å². The predicted octanol–water partition coefficient (Wildman–Crippen LogP) is 4.05. The second kappa shape index (κ2) is 5.73. The van der Waals surface area contributed by atoms with E-state index in [1.165, 1.54) is 24.4 Å². The van der Waals surface area contributed by atoms with Gasteiger partial charge in [-0.3, -0.25) is 9.78 Å². The van der Waals surface area contributed by atoms with Crippen LogP contribution < -0.4 is 0 Å². The third kappa shape index (κ3) is 3.72. The summed E-state index contributed by atoms with van der Waals surface area (Å²) in [7, 11) is 0. The Morgan fingerprint density at radius 3 is 2.38 bits per heavy atom. The van der Waals surface area contributed by atoms with Crippen molar-refractivity contribution in [3.63, 3.8) is 0 Å². The van der Waals surface area contributed by atoms with Gasteiger partial charge >= 0.3 is 12.1 Å². The van der Waals surface area contributed by atoms with Crippen LogP contribution in [-0.2, 0) is 17.4 Å². The Kier molecular flexibility index (Phi) is 4.18. The summed E-state index contributed by atoms with van der Waals surface area (Å²) in [6, 6.07) is 5.80. The largest absolute Gasteiger partial charge is 0.481 e. The summed E-state index contributed by atoms with van der Waals surface area (Å²) in [4.78, 5) is 14.8. The van der Waals surface area contributed by atoms with E-state index in [4.69, 9.17) is 16.7 Å². The van der Waals surface area contributed by atoms with Gasteiger partial charge in [0.05, 0.1) is 22.7 Å². The highest BCUT2D eigenvalue weighted by Crippen LogP contribution is 2.31. The standard InChI is InChI=1S/C14H9ClF3NO2/c15-11-5-9(6-12(20)21)13(19-7-11)8-1-3-10(4-2-8)14(16,17)18/h1-5,7H,6H2,(H,20,21). The summed E-state index contributed by atoms with van der Waals surface area (Å²) in [5, 5.41) is 9.13. The minimum Gasteiger partial charge on any atom is -0.481 e. The van der Waals surface area contributed by atoms with E-state index in [9.17, 15) is 18.0 Å². The molecule has 1 N–H and O–H groups in total. The van der Waals surface area contributed by atoms with Gasteiger partial charge in [-0.1, -0.05) is 23.7 Å². The molecule has 1 aromatic heterocycles. The normalized spacial score (nSPS) is 11.4. The van der Waals surface area contributed by atoms with Gasteiger partial charge in [0.2, 0.25) is 0 Å². The Hall–Kier alpha value is -2.08. The lowest BCUT2D eigenvalue weighted by atomic mass is 10.0. The van der Waals surface area contributed by atoms with Gasteiger partial charge in [-0.25, -0.2) is 0 Å². The first-order valence-corrected chi connectivity index (χ1v) is 6.19. The Bertz CT molecular complexity index is 669. The molecule has 21 heavy (non-hydrogen) atoms. The molecule has 0 aliphatic rings. The second-order valence-electron chi connectivity index (χ2n) is 4.31. The van der Waals surface area contributed by atoms with E-state index in [0.29, 0.717) is 16.8 Å². The van der Waals surface area contributed by atoms with Crippen molar-refractivity contribution in [3.8, 4) is 11.3 Å². The molecular formula is C14H9ClF3NO2. The Labute approximate surface area is 123 Å². The van der Waals surface area contributed by atoms with E-state index >= 15 is 0 Å². The zero-order valence-electron chi connectivity index (χ0n) is 10.5. The number of carboxylic acid groups (broad SMARTS) is 1. The van der Waals surface area contributed by atoms with Crippen LogP contribution in [0.15, 0.2) is 36.5 Å². The summed E-state index contributed by atoms with van der Waals surface area (Å²) in [5.41, 5.74) is 0.265. The van der Waals surface area contributed by atoms with E-state index in [1.807, 2.05) is 0 Å². The fraction of sp³-hybridized carbons (Fsp3) is 0.143. The lowest BCUT2D eigenvalue weighted by Crippen LogP contribution is -2.05. The molecule has 1 aromatic carbocycles. The molecule has 0 atom stereocenters. The third-order valence-corrected chi connectivity index (χ3v) is 2.97. The number of aliphatic carboxylic acids is 1. The van der Waals surface area contributed by atoms with Crippen molar-refractivity contribution in [1.82, 2.24) is 4.98 Å². The summed E-state index contributed by atoms with van der Waals surface area (Å²) in [6.45, 7) is 0. The molecule has 2 rings (SSSR count). The number of hydrogen-bond acceptors (Lipinski definition) is 2. The number of hydrogen-bond donors (Lipinski definition) is 1. The number of nitrogens with zero attached hydrogens (tertiary/aromatic N) is 1. The number of carboxylic acids is 1. The van der Waals surface area contributed by atoms with Crippen molar-refractivity contribution >= 4 is 17.6 Å². The number of halogens is 4. The number of aromatic nitrogens is 1. The van der Waals surface area contributed by atoms with Crippen molar-refractivity contribution in [1.29, 1.82) is 0 Å². The highest BCUT2D eigenvalue weighted by atomic mass is 35.5. The first kappa shape index (κ1) is 15.3. The summed E-state index contributed by atoms with van der Waals surface area (Å²) < 4.78 is 37.5. The van der Waals surface area contributed by atoms with Crippen molar-refractivity contribution in [2.24, 2.45) is 0 Å². The highest BCUT2D eigenvalue weighted by Gasteiger charge is 2.30. The van der Waals surface area contributed by atoms with E-state index in [0.717, 1.165) is 12.1 Å². The molecule has 0 aliphatic carbocycles. The lowest BCUT2D eigenvalue weighted by Gasteiger charge is -2.10. The highest BCUT2D eigenvalue weighted by molar-refractivity contribution is 6.30. The molecular weight excluding hydrogens is 307 g/mol. The van der Waals surface area contributed by atoms with E-state index in [2.05, 4.69) is 4.98 Å². The van der Waals surface area contributed by atoms with Crippen LogP contribution in [0, 0.1) is 0 Å². The molecule has 0 radical (unpaired) electrons. The zero-order chi connectivity index (χ0) is 15.6. The maximum atomic E-state index is 12.5. The van der Waals surface area contributed by atoms with E-state index in [1.54, 1.807) is 0 Å². The molecule has 0 saturated heterocycles. The number of alkyl halides is 3. The fourth-order valence-corrected chi connectivity index (χ4v) is 2.04. The van der Waals surface area contributed by atoms with Crippen LogP contribution in [0.3, 0.4) is 0 Å². The van der Waals surface area contributed by atoms with Crippen molar-refractivity contribution in [2.45, 2.75) is 12.6 Å². The Morgan fingerprint density at radius 2 is 1.86 bits per heavy atom. The molecule has 0 saturated carbocycles. The van der Waals surface area contributed by atoms with Crippen LogP contribution in [-0.4, -0.2) is 16.1 Å².